The molecule has 0 spiro atoms. The number of amides is 1. The molecule has 0 atom stereocenters. The van der Waals surface area contributed by atoms with Crippen LogP contribution in [0.4, 0.5) is 0 Å². The Bertz CT molecular complexity index is 1290. The van der Waals surface area contributed by atoms with E-state index in [4.69, 9.17) is 13.7 Å². The molecule has 0 radical (unpaired) electrons. The molecule has 2 heterocycles. The summed E-state index contributed by atoms with van der Waals surface area (Å²) in [6.45, 7) is 2.25. The molecule has 0 aliphatic rings. The van der Waals surface area contributed by atoms with Gasteiger partial charge in [-0.15, -0.1) is 0 Å². The summed E-state index contributed by atoms with van der Waals surface area (Å²) in [6, 6.07) is 14.6. The van der Waals surface area contributed by atoms with Crippen LogP contribution in [0.25, 0.3) is 22.4 Å². The lowest BCUT2D eigenvalue weighted by atomic mass is 10.0. The maximum absolute atomic E-state index is 12.3. The highest BCUT2D eigenvalue weighted by atomic mass is 16.5. The van der Waals surface area contributed by atoms with Crippen molar-refractivity contribution in [1.82, 2.24) is 15.5 Å². The number of carbonyl (C=O) groups excluding carboxylic acids is 1. The van der Waals surface area contributed by atoms with Gasteiger partial charge in [0.05, 0.1) is 7.11 Å². The molecule has 4 aromatic rings. The van der Waals surface area contributed by atoms with Crippen LogP contribution in [0.2, 0.25) is 0 Å². The molecule has 0 aliphatic carbocycles. The third kappa shape index (κ3) is 4.85. The predicted molar refractivity (Wildman–Crippen MR) is 119 cm³/mol. The number of nitrogens with zero attached hydrogens (tertiary/aromatic N) is 2. The number of ether oxygens (including phenoxy) is 1. The van der Waals surface area contributed by atoms with Gasteiger partial charge >= 0.3 is 5.63 Å². The molecule has 0 fully saturated rings. The molecule has 0 bridgehead atoms. The van der Waals surface area contributed by atoms with Gasteiger partial charge in [0.25, 0.3) is 0 Å². The van der Waals surface area contributed by atoms with Gasteiger partial charge in [-0.05, 0) is 30.5 Å². The molecule has 8 nitrogen and oxygen atoms in total. The molecule has 32 heavy (non-hydrogen) atoms. The first-order valence-corrected chi connectivity index (χ1v) is 10.3. The smallest absolute Gasteiger partial charge is 0.336 e. The van der Waals surface area contributed by atoms with E-state index in [1.807, 2.05) is 43.3 Å². The van der Waals surface area contributed by atoms with Gasteiger partial charge in [0.15, 0.2) is 0 Å². The molecule has 1 amide bonds. The van der Waals surface area contributed by atoms with Crippen LogP contribution >= 0.6 is 0 Å². The number of methoxy groups -OCH3 is 1. The standard InChI is InChI=1S/C24H23N3O5/c1-15-12-23(29)31-20-14-19(30-2)17(13-18(15)20)8-9-21(28)25-11-10-22-26-24(27-32-22)16-6-4-3-5-7-16/h3-7,12-14H,8-11H2,1-2H3,(H,25,28). The van der Waals surface area contributed by atoms with Crippen LogP contribution in [0.1, 0.15) is 23.4 Å². The minimum absolute atomic E-state index is 0.0914. The van der Waals surface area contributed by atoms with Crippen LogP contribution < -0.4 is 15.7 Å². The summed E-state index contributed by atoms with van der Waals surface area (Å²) in [5.41, 5.74) is 2.64. The second-order valence-corrected chi connectivity index (χ2v) is 7.39. The second kappa shape index (κ2) is 9.47. The van der Waals surface area contributed by atoms with Crippen LogP contribution in [0.3, 0.4) is 0 Å². The topological polar surface area (TPSA) is 107 Å². The maximum Gasteiger partial charge on any atom is 0.336 e. The SMILES string of the molecule is COc1cc2oc(=O)cc(C)c2cc1CCC(=O)NCCc1nc(-c2ccccc2)no1. The lowest BCUT2D eigenvalue weighted by Gasteiger charge is -2.11. The minimum Gasteiger partial charge on any atom is -0.496 e. The van der Waals surface area contributed by atoms with Crippen LogP contribution in [-0.2, 0) is 17.6 Å². The van der Waals surface area contributed by atoms with E-state index in [0.29, 0.717) is 42.4 Å². The highest BCUT2D eigenvalue weighted by Gasteiger charge is 2.13. The summed E-state index contributed by atoms with van der Waals surface area (Å²) in [7, 11) is 1.55. The Hall–Kier alpha value is -3.94. The molecule has 1 N–H and O–H groups in total. The molecule has 164 valence electrons. The third-order valence-electron chi connectivity index (χ3n) is 5.13. The van der Waals surface area contributed by atoms with Crippen molar-refractivity contribution in [3.8, 4) is 17.1 Å². The predicted octanol–water partition coefficient (Wildman–Crippen LogP) is 3.45. The van der Waals surface area contributed by atoms with E-state index in [9.17, 15) is 9.59 Å². The van der Waals surface area contributed by atoms with Crippen LogP contribution in [0.15, 0.2) is 62.3 Å². The summed E-state index contributed by atoms with van der Waals surface area (Å²) in [6.07, 6.45) is 1.22. The molecular weight excluding hydrogens is 410 g/mol. The Morgan fingerprint density at radius 2 is 1.94 bits per heavy atom. The number of aryl methyl sites for hydroxylation is 2. The van der Waals surface area contributed by atoms with E-state index in [0.717, 1.165) is 22.1 Å². The van der Waals surface area contributed by atoms with Crippen LogP contribution in [0.5, 0.6) is 5.75 Å². The summed E-state index contributed by atoms with van der Waals surface area (Å²) < 4.78 is 15.9. The van der Waals surface area contributed by atoms with Gasteiger partial charge in [0, 0.05) is 42.5 Å². The first-order valence-electron chi connectivity index (χ1n) is 10.3. The molecule has 0 saturated heterocycles. The van der Waals surface area contributed by atoms with Gasteiger partial charge in [-0.1, -0.05) is 35.5 Å². The lowest BCUT2D eigenvalue weighted by Crippen LogP contribution is -2.26. The van der Waals surface area contributed by atoms with Crippen molar-refractivity contribution in [1.29, 1.82) is 0 Å². The fraction of sp³-hybridized carbons (Fsp3) is 0.250. The summed E-state index contributed by atoms with van der Waals surface area (Å²) in [5, 5.41) is 7.68. The largest absolute Gasteiger partial charge is 0.496 e. The van der Waals surface area contributed by atoms with Gasteiger partial charge < -0.3 is 19.0 Å². The molecule has 4 rings (SSSR count). The van der Waals surface area contributed by atoms with Crippen molar-refractivity contribution < 1.29 is 18.5 Å². The quantitative estimate of drug-likeness (QED) is 0.424. The molecule has 8 heteroatoms. The zero-order chi connectivity index (χ0) is 22.5. The highest BCUT2D eigenvalue weighted by Crippen LogP contribution is 2.28. The Morgan fingerprint density at radius 1 is 1.12 bits per heavy atom. The summed E-state index contributed by atoms with van der Waals surface area (Å²) >= 11 is 0. The van der Waals surface area contributed by atoms with Gasteiger partial charge in [-0.3, -0.25) is 4.79 Å². The number of rotatable bonds is 8. The maximum atomic E-state index is 12.3. The van der Waals surface area contributed by atoms with Gasteiger partial charge in [0.1, 0.15) is 11.3 Å². The van der Waals surface area contributed by atoms with Crippen molar-refractivity contribution in [2.75, 3.05) is 13.7 Å². The first kappa shape index (κ1) is 21.3. The van der Waals surface area contributed by atoms with Crippen molar-refractivity contribution >= 4 is 16.9 Å². The van der Waals surface area contributed by atoms with Crippen molar-refractivity contribution in [2.24, 2.45) is 0 Å². The Labute approximate surface area is 184 Å². The average Bonchev–Trinajstić information content (AvgIpc) is 3.27. The number of benzene rings is 2. The van der Waals surface area contributed by atoms with Gasteiger partial charge in [-0.2, -0.15) is 4.98 Å². The Kier molecular flexibility index (Phi) is 6.30. The minimum atomic E-state index is -0.402. The van der Waals surface area contributed by atoms with E-state index in [-0.39, 0.29) is 12.3 Å². The molecule has 2 aromatic carbocycles. The zero-order valence-electron chi connectivity index (χ0n) is 17.9. The summed E-state index contributed by atoms with van der Waals surface area (Å²) in [4.78, 5) is 28.3. The van der Waals surface area contributed by atoms with Crippen molar-refractivity contribution in [2.45, 2.75) is 26.2 Å². The number of hydrogen-bond acceptors (Lipinski definition) is 7. The number of nitrogens with one attached hydrogen (secondary N) is 1. The summed E-state index contributed by atoms with van der Waals surface area (Å²) in [5.74, 6) is 1.49. The lowest BCUT2D eigenvalue weighted by molar-refractivity contribution is -0.121. The number of aromatic nitrogens is 2. The molecular formula is C24H23N3O5. The number of fused-ring (bicyclic) bond motifs is 1. The third-order valence-corrected chi connectivity index (χ3v) is 5.13. The molecule has 0 saturated carbocycles. The Morgan fingerprint density at radius 3 is 2.72 bits per heavy atom. The van der Waals surface area contributed by atoms with Crippen LogP contribution in [0, 0.1) is 6.92 Å². The molecule has 0 aliphatic heterocycles. The van der Waals surface area contributed by atoms with Crippen LogP contribution in [-0.4, -0.2) is 29.7 Å². The fourth-order valence-electron chi connectivity index (χ4n) is 3.48. The first-order chi connectivity index (χ1) is 15.5. The highest BCUT2D eigenvalue weighted by molar-refractivity contribution is 5.83. The molecule has 2 aromatic heterocycles. The van der Waals surface area contributed by atoms with Crippen molar-refractivity contribution in [3.63, 3.8) is 0 Å². The van der Waals surface area contributed by atoms with E-state index >= 15 is 0 Å². The second-order valence-electron chi connectivity index (χ2n) is 7.39. The van der Waals surface area contributed by atoms with Crippen molar-refractivity contribution in [3.05, 3.63) is 76.0 Å². The molecule has 0 unspecified atom stereocenters. The van der Waals surface area contributed by atoms with Gasteiger partial charge in [-0.25, -0.2) is 4.79 Å². The fourth-order valence-corrected chi connectivity index (χ4v) is 3.48. The Balaban J connectivity index is 1.33. The monoisotopic (exact) mass is 433 g/mol. The number of carbonyl (C=O) groups is 1. The number of hydrogen-bond donors (Lipinski definition) is 1. The van der Waals surface area contributed by atoms with E-state index in [2.05, 4.69) is 15.5 Å². The van der Waals surface area contributed by atoms with E-state index in [1.165, 1.54) is 6.07 Å². The normalized spacial score (nSPS) is 10.9. The van der Waals surface area contributed by atoms with Gasteiger partial charge in [0.2, 0.25) is 17.6 Å². The van der Waals surface area contributed by atoms with E-state index < -0.39 is 5.63 Å². The average molecular weight is 433 g/mol. The van der Waals surface area contributed by atoms with E-state index in [1.54, 1.807) is 13.2 Å². The zero-order valence-corrected chi connectivity index (χ0v) is 17.9.